The van der Waals surface area contributed by atoms with Crippen molar-refractivity contribution in [2.45, 2.75) is 148 Å². The molecule has 9 heteroatoms. The highest BCUT2D eigenvalue weighted by Crippen LogP contribution is 2.43. The van der Waals surface area contributed by atoms with Gasteiger partial charge >= 0.3 is 7.82 Å². The number of carbonyl (C=O) groups is 1. The van der Waals surface area contributed by atoms with Crippen LogP contribution in [0, 0.1) is 0 Å². The van der Waals surface area contributed by atoms with Gasteiger partial charge < -0.3 is 19.8 Å². The Morgan fingerprint density at radius 2 is 1.11 bits per heavy atom. The monoisotopic (exact) mass is 788 g/mol. The Morgan fingerprint density at radius 3 is 1.64 bits per heavy atom. The van der Waals surface area contributed by atoms with Crippen LogP contribution in [0.4, 0.5) is 0 Å². The van der Waals surface area contributed by atoms with Gasteiger partial charge in [-0.05, 0) is 70.6 Å². The zero-order chi connectivity index (χ0) is 40.7. The number of nitrogens with one attached hydrogen (secondary N) is 1. The van der Waals surface area contributed by atoms with Gasteiger partial charge in [-0.3, -0.25) is 13.8 Å². The second-order valence-electron chi connectivity index (χ2n) is 15.0. The highest BCUT2D eigenvalue weighted by molar-refractivity contribution is 7.47. The molecule has 1 amide bonds. The molecule has 3 unspecified atom stereocenters. The Kier molecular flexibility index (Phi) is 35.3. The molecule has 0 aliphatic heterocycles. The van der Waals surface area contributed by atoms with Crippen LogP contribution >= 0.6 is 7.82 Å². The number of carbonyl (C=O) groups excluding carboxylic acids is 1. The summed E-state index contributed by atoms with van der Waals surface area (Å²) in [7, 11) is 1.47. The minimum atomic E-state index is -4.38. The lowest BCUT2D eigenvalue weighted by atomic mass is 10.1. The summed E-state index contributed by atoms with van der Waals surface area (Å²) in [5, 5.41) is 13.7. The first-order valence-corrected chi connectivity index (χ1v) is 22.6. The van der Waals surface area contributed by atoms with Gasteiger partial charge in [-0.2, -0.15) is 0 Å². The molecule has 0 saturated heterocycles. The van der Waals surface area contributed by atoms with E-state index in [1.165, 1.54) is 57.8 Å². The number of phosphoric acid groups is 1. The first kappa shape index (κ1) is 52.4. The molecule has 0 aliphatic rings. The standard InChI is InChI=1S/C46H79N2O6P/c1-6-8-10-12-14-16-18-20-22-23-24-26-27-29-31-33-35-37-39-45(49)44(43-54-55(51,52)53-42-41-48(3,4)5)47-46(50)40-38-36-34-32-30-28-25-21-19-17-15-13-11-9-7-2/h9,11,15,17,21,23-25,29-32,36-39,44-45,49H,6-8,10,12-14,16,18-20,22,26-28,33-35,40-43H2,1-5H3,(H-,47,50,51,52)/p+1/b11-9-,17-15-,24-23+,25-21-,31-29+,32-30-,38-36-,39-37+. The third kappa shape index (κ3) is 39.5. The summed E-state index contributed by atoms with van der Waals surface area (Å²) >= 11 is 0. The van der Waals surface area contributed by atoms with Gasteiger partial charge in [0.1, 0.15) is 13.2 Å². The van der Waals surface area contributed by atoms with E-state index in [1.807, 2.05) is 33.3 Å². The first-order chi connectivity index (χ1) is 26.5. The Labute approximate surface area is 337 Å². The molecule has 0 aromatic rings. The molecule has 3 N–H and O–H groups in total. The molecule has 0 fully saturated rings. The quantitative estimate of drug-likeness (QED) is 0.0253. The normalized spacial score (nSPS) is 15.4. The topological polar surface area (TPSA) is 105 Å². The number of amides is 1. The van der Waals surface area contributed by atoms with Crippen molar-refractivity contribution in [3.63, 3.8) is 0 Å². The van der Waals surface area contributed by atoms with Crippen LogP contribution < -0.4 is 5.32 Å². The lowest BCUT2D eigenvalue weighted by molar-refractivity contribution is -0.870. The van der Waals surface area contributed by atoms with Crippen LogP contribution in [0.5, 0.6) is 0 Å². The third-order valence-electron chi connectivity index (χ3n) is 8.54. The predicted octanol–water partition coefficient (Wildman–Crippen LogP) is 11.6. The number of aliphatic hydroxyl groups is 1. The minimum absolute atomic E-state index is 0.0317. The molecule has 3 atom stereocenters. The number of aliphatic hydroxyl groups excluding tert-OH is 1. The largest absolute Gasteiger partial charge is 0.472 e. The highest BCUT2D eigenvalue weighted by Gasteiger charge is 2.27. The average Bonchev–Trinajstić information content (AvgIpc) is 3.13. The van der Waals surface area contributed by atoms with Crippen LogP contribution in [0.25, 0.3) is 0 Å². The van der Waals surface area contributed by atoms with Gasteiger partial charge in [0.15, 0.2) is 0 Å². The van der Waals surface area contributed by atoms with E-state index in [9.17, 15) is 19.4 Å². The molecule has 0 aromatic carbocycles. The number of quaternary nitrogens is 1. The van der Waals surface area contributed by atoms with Gasteiger partial charge in [0.2, 0.25) is 5.91 Å². The molecule has 0 rings (SSSR count). The van der Waals surface area contributed by atoms with Crippen molar-refractivity contribution >= 4 is 13.7 Å². The molecular weight excluding hydrogens is 707 g/mol. The maximum absolute atomic E-state index is 12.8. The van der Waals surface area contributed by atoms with Gasteiger partial charge in [-0.1, -0.05) is 156 Å². The molecule has 55 heavy (non-hydrogen) atoms. The van der Waals surface area contributed by atoms with E-state index >= 15 is 0 Å². The first-order valence-electron chi connectivity index (χ1n) is 21.1. The summed E-state index contributed by atoms with van der Waals surface area (Å²) in [5.41, 5.74) is 0. The van der Waals surface area contributed by atoms with Crippen molar-refractivity contribution in [3.05, 3.63) is 97.2 Å². The lowest BCUT2D eigenvalue weighted by Crippen LogP contribution is -2.45. The second-order valence-corrected chi connectivity index (χ2v) is 16.4. The smallest absolute Gasteiger partial charge is 0.387 e. The van der Waals surface area contributed by atoms with Crippen molar-refractivity contribution in [2.75, 3.05) is 40.9 Å². The van der Waals surface area contributed by atoms with Gasteiger partial charge in [0, 0.05) is 6.42 Å². The highest BCUT2D eigenvalue weighted by atomic mass is 31.2. The summed E-state index contributed by atoms with van der Waals surface area (Å²) in [4.78, 5) is 23.0. The van der Waals surface area contributed by atoms with Crippen molar-refractivity contribution in [1.29, 1.82) is 0 Å². The van der Waals surface area contributed by atoms with Crippen LogP contribution in [0.3, 0.4) is 0 Å². The fourth-order valence-corrected chi connectivity index (χ4v) is 5.93. The molecule has 0 bridgehead atoms. The maximum Gasteiger partial charge on any atom is 0.472 e. The van der Waals surface area contributed by atoms with E-state index in [0.717, 1.165) is 51.4 Å². The van der Waals surface area contributed by atoms with E-state index in [1.54, 1.807) is 12.2 Å². The average molecular weight is 788 g/mol. The number of phosphoric ester groups is 1. The van der Waals surface area contributed by atoms with E-state index in [2.05, 4.69) is 92.1 Å². The molecule has 0 radical (unpaired) electrons. The van der Waals surface area contributed by atoms with E-state index in [4.69, 9.17) is 9.05 Å². The molecule has 8 nitrogen and oxygen atoms in total. The van der Waals surface area contributed by atoms with Crippen LogP contribution in [0.15, 0.2) is 97.2 Å². The number of unbranched alkanes of at least 4 members (excludes halogenated alkanes) is 10. The number of hydrogen-bond donors (Lipinski definition) is 3. The second kappa shape index (κ2) is 37.0. The molecule has 0 saturated carbocycles. The van der Waals surface area contributed by atoms with Crippen LogP contribution in [0.2, 0.25) is 0 Å². The number of nitrogens with zero attached hydrogens (tertiary/aromatic N) is 1. The molecular formula is C46H80N2O6P+. The Bertz CT molecular complexity index is 1210. The lowest BCUT2D eigenvalue weighted by Gasteiger charge is -2.25. The zero-order valence-corrected chi connectivity index (χ0v) is 36.3. The van der Waals surface area contributed by atoms with Gasteiger partial charge in [0.05, 0.1) is 39.9 Å². The Hall–Kier alpha value is -2.58. The van der Waals surface area contributed by atoms with Crippen LogP contribution in [-0.4, -0.2) is 73.4 Å². The van der Waals surface area contributed by atoms with Crippen molar-refractivity contribution in [3.8, 4) is 0 Å². The van der Waals surface area contributed by atoms with E-state index < -0.39 is 20.0 Å². The minimum Gasteiger partial charge on any atom is -0.387 e. The Morgan fingerprint density at radius 1 is 0.636 bits per heavy atom. The zero-order valence-electron chi connectivity index (χ0n) is 35.4. The fourth-order valence-electron chi connectivity index (χ4n) is 5.20. The number of rotatable bonds is 36. The van der Waals surface area contributed by atoms with Crippen LogP contribution in [-0.2, 0) is 18.4 Å². The number of allylic oxidation sites excluding steroid dienone is 14. The molecule has 314 valence electrons. The Balaban J connectivity index is 4.71. The van der Waals surface area contributed by atoms with Crippen LogP contribution in [0.1, 0.15) is 136 Å². The number of likely N-dealkylation sites (N-methyl/N-ethyl adjacent to an activating group) is 1. The SMILES string of the molecule is CC/C=C\C/C=C\C/C=C\C/C=C\C/C=C\CC(=O)NC(COP(=O)(O)OCC[N+](C)(C)C)C(O)/C=C/CC/C=C/CC/C=C/CCCCCCCCCC. The predicted molar refractivity (Wildman–Crippen MR) is 235 cm³/mol. The van der Waals surface area contributed by atoms with Gasteiger partial charge in [-0.15, -0.1) is 0 Å². The van der Waals surface area contributed by atoms with Crippen molar-refractivity contribution in [1.82, 2.24) is 5.32 Å². The molecule has 0 heterocycles. The van der Waals surface area contributed by atoms with E-state index in [0.29, 0.717) is 17.4 Å². The molecule has 0 spiro atoms. The van der Waals surface area contributed by atoms with Gasteiger partial charge in [-0.25, -0.2) is 4.57 Å². The van der Waals surface area contributed by atoms with Crippen molar-refractivity contribution in [2.24, 2.45) is 0 Å². The van der Waals surface area contributed by atoms with E-state index in [-0.39, 0.29) is 25.5 Å². The maximum atomic E-state index is 12.8. The summed E-state index contributed by atoms with van der Waals surface area (Å²) < 4.78 is 23.4. The summed E-state index contributed by atoms with van der Waals surface area (Å²) in [6.07, 6.45) is 52.3. The third-order valence-corrected chi connectivity index (χ3v) is 9.53. The summed E-state index contributed by atoms with van der Waals surface area (Å²) in [5.74, 6) is -0.323. The molecule has 0 aliphatic carbocycles. The number of hydrogen-bond acceptors (Lipinski definition) is 5. The summed E-state index contributed by atoms with van der Waals surface area (Å²) in [6, 6.07) is -0.929. The molecule has 0 aromatic heterocycles. The summed E-state index contributed by atoms with van der Waals surface area (Å²) in [6.45, 7) is 4.55. The van der Waals surface area contributed by atoms with Gasteiger partial charge in [0.25, 0.3) is 0 Å². The van der Waals surface area contributed by atoms with Crippen molar-refractivity contribution < 1.29 is 32.9 Å². The fraction of sp³-hybridized carbons (Fsp3) is 0.630.